The van der Waals surface area contributed by atoms with Crippen molar-refractivity contribution in [2.45, 2.75) is 19.4 Å². The molecule has 3 aliphatic heterocycles. The van der Waals surface area contributed by atoms with E-state index in [1.807, 2.05) is 19.1 Å². The highest BCUT2D eigenvalue weighted by atomic mass is 79.9. The number of anilines is 2. The van der Waals surface area contributed by atoms with E-state index in [0.717, 1.165) is 34.5 Å². The Morgan fingerprint density at radius 1 is 1.23 bits per heavy atom. The number of carbonyl (C=O) groups excluding carboxylic acids is 1. The van der Waals surface area contributed by atoms with Crippen molar-refractivity contribution >= 4 is 50.5 Å². The van der Waals surface area contributed by atoms with Gasteiger partial charge < -0.3 is 10.0 Å². The molecule has 8 heteroatoms. The standard InChI is InChI=1S/C23H24BrClN4O2/c1-15-23(22(31)29(26-15)19-5-3-18(25)4-6-19)13-16-12-17(24)2-7-20(16)28-9-8-27(10-11-30)14-21(23)28/h2-7,12,21,30H,8-11,13-14H2,1H3/t21-,23-/m1/s1. The third-order valence-corrected chi connectivity index (χ3v) is 7.56. The molecule has 1 N–H and O–H groups in total. The van der Waals surface area contributed by atoms with Gasteiger partial charge in [-0.2, -0.15) is 10.1 Å². The molecule has 162 valence electrons. The topological polar surface area (TPSA) is 59.4 Å². The molecule has 2 aromatic rings. The maximum atomic E-state index is 14.1. The first-order valence-corrected chi connectivity index (χ1v) is 11.7. The molecule has 1 amide bonds. The van der Waals surface area contributed by atoms with Crippen molar-refractivity contribution in [2.75, 3.05) is 42.7 Å². The van der Waals surface area contributed by atoms with E-state index >= 15 is 0 Å². The first kappa shape index (κ1) is 20.9. The summed E-state index contributed by atoms with van der Waals surface area (Å²) >= 11 is 9.66. The SMILES string of the molecule is CC1=NN(c2ccc(Cl)cc2)C(=O)[C@]12Cc1cc(Br)ccc1N1CCN(CCO)C[C@@H]12. The molecule has 2 atom stereocenters. The molecule has 3 aliphatic rings. The van der Waals surface area contributed by atoms with Crippen LogP contribution in [0.2, 0.25) is 5.02 Å². The highest BCUT2D eigenvalue weighted by Crippen LogP contribution is 2.48. The molecule has 1 spiro atoms. The Morgan fingerprint density at radius 2 is 2.00 bits per heavy atom. The lowest BCUT2D eigenvalue weighted by atomic mass is 9.67. The van der Waals surface area contributed by atoms with E-state index in [9.17, 15) is 9.90 Å². The summed E-state index contributed by atoms with van der Waals surface area (Å²) in [6, 6.07) is 13.5. The van der Waals surface area contributed by atoms with Gasteiger partial charge in [-0.3, -0.25) is 9.69 Å². The number of nitrogens with zero attached hydrogens (tertiary/aromatic N) is 4. The van der Waals surface area contributed by atoms with Gasteiger partial charge in [0.2, 0.25) is 0 Å². The zero-order chi connectivity index (χ0) is 21.8. The van der Waals surface area contributed by atoms with Crippen molar-refractivity contribution in [1.29, 1.82) is 0 Å². The normalized spacial score (nSPS) is 25.6. The van der Waals surface area contributed by atoms with Crippen LogP contribution in [0.5, 0.6) is 0 Å². The second-order valence-corrected chi connectivity index (χ2v) is 9.79. The molecule has 0 aromatic heterocycles. The average Bonchev–Trinajstić information content (AvgIpc) is 3.00. The summed E-state index contributed by atoms with van der Waals surface area (Å²) in [5.74, 6) is -0.00111. The van der Waals surface area contributed by atoms with E-state index < -0.39 is 5.41 Å². The summed E-state index contributed by atoms with van der Waals surface area (Å²) in [7, 11) is 0. The Labute approximate surface area is 195 Å². The summed E-state index contributed by atoms with van der Waals surface area (Å²) in [5.41, 5.74) is 3.15. The number of fused-ring (bicyclic) bond motifs is 4. The Balaban J connectivity index is 1.61. The lowest BCUT2D eigenvalue weighted by molar-refractivity contribution is -0.125. The van der Waals surface area contributed by atoms with E-state index in [2.05, 4.69) is 43.9 Å². The van der Waals surface area contributed by atoms with Crippen LogP contribution in [0.1, 0.15) is 12.5 Å². The fourth-order valence-electron chi connectivity index (χ4n) is 5.26. The quantitative estimate of drug-likeness (QED) is 0.696. The second-order valence-electron chi connectivity index (χ2n) is 8.43. The maximum absolute atomic E-state index is 14.1. The van der Waals surface area contributed by atoms with Crippen molar-refractivity contribution in [1.82, 2.24) is 4.90 Å². The number of aliphatic hydroxyl groups excluding tert-OH is 1. The Morgan fingerprint density at radius 3 is 2.74 bits per heavy atom. The predicted octanol–water partition coefficient (Wildman–Crippen LogP) is 3.55. The number of hydrogen-bond donors (Lipinski definition) is 1. The molecule has 0 radical (unpaired) electrons. The van der Waals surface area contributed by atoms with E-state index in [4.69, 9.17) is 16.7 Å². The molecule has 0 bridgehead atoms. The molecule has 3 heterocycles. The molecule has 5 rings (SSSR count). The largest absolute Gasteiger partial charge is 0.395 e. The molecule has 1 fully saturated rings. The first-order chi connectivity index (χ1) is 14.9. The Hall–Kier alpha value is -1.93. The average molecular weight is 504 g/mol. The number of piperazine rings is 1. The zero-order valence-electron chi connectivity index (χ0n) is 17.3. The van der Waals surface area contributed by atoms with Gasteiger partial charge in [0.25, 0.3) is 5.91 Å². The molecule has 0 aliphatic carbocycles. The number of β-amino-alcohol motifs (C(OH)–C–C–N with tert-alkyl or cyclic N) is 1. The maximum Gasteiger partial charge on any atom is 0.261 e. The van der Waals surface area contributed by atoms with Gasteiger partial charge in [0.15, 0.2) is 0 Å². The van der Waals surface area contributed by atoms with Crippen LogP contribution in [-0.4, -0.2) is 60.5 Å². The van der Waals surface area contributed by atoms with E-state index in [0.29, 0.717) is 24.5 Å². The fourth-order valence-corrected chi connectivity index (χ4v) is 5.80. The number of aliphatic hydroxyl groups is 1. The Bertz CT molecular complexity index is 1060. The van der Waals surface area contributed by atoms with Gasteiger partial charge in [0.05, 0.1) is 24.0 Å². The van der Waals surface area contributed by atoms with Crippen LogP contribution in [0, 0.1) is 5.41 Å². The summed E-state index contributed by atoms with van der Waals surface area (Å²) in [4.78, 5) is 18.7. The minimum absolute atomic E-state index is 0.00111. The van der Waals surface area contributed by atoms with Gasteiger partial charge in [-0.05, 0) is 61.4 Å². The van der Waals surface area contributed by atoms with Gasteiger partial charge in [-0.25, -0.2) is 0 Å². The van der Waals surface area contributed by atoms with Crippen LogP contribution in [0.4, 0.5) is 11.4 Å². The summed E-state index contributed by atoms with van der Waals surface area (Å²) < 4.78 is 1.01. The van der Waals surface area contributed by atoms with Crippen molar-refractivity contribution in [3.05, 3.63) is 57.5 Å². The van der Waals surface area contributed by atoms with Crippen LogP contribution in [-0.2, 0) is 11.2 Å². The Kier molecular flexibility index (Phi) is 5.33. The molecule has 31 heavy (non-hydrogen) atoms. The number of rotatable bonds is 3. The van der Waals surface area contributed by atoms with Crippen LogP contribution < -0.4 is 9.91 Å². The highest BCUT2D eigenvalue weighted by Gasteiger charge is 2.59. The van der Waals surface area contributed by atoms with Crippen LogP contribution in [0.15, 0.2) is 52.0 Å². The van der Waals surface area contributed by atoms with Gasteiger partial charge >= 0.3 is 0 Å². The number of hydrazone groups is 1. The van der Waals surface area contributed by atoms with Gasteiger partial charge in [-0.15, -0.1) is 0 Å². The number of carbonyl (C=O) groups is 1. The number of benzene rings is 2. The molecule has 0 unspecified atom stereocenters. The minimum Gasteiger partial charge on any atom is -0.395 e. The molecular formula is C23H24BrClN4O2. The highest BCUT2D eigenvalue weighted by molar-refractivity contribution is 9.10. The second kappa shape index (κ2) is 7.89. The summed E-state index contributed by atoms with van der Waals surface area (Å²) in [6.07, 6.45) is 0.605. The fraction of sp³-hybridized carbons (Fsp3) is 0.391. The number of amides is 1. The van der Waals surface area contributed by atoms with Crippen LogP contribution in [0.25, 0.3) is 0 Å². The lowest BCUT2D eigenvalue weighted by Crippen LogP contribution is -2.67. The van der Waals surface area contributed by atoms with Gasteiger partial charge in [0, 0.05) is 41.4 Å². The minimum atomic E-state index is -0.748. The van der Waals surface area contributed by atoms with Crippen molar-refractivity contribution < 1.29 is 9.90 Å². The molecular weight excluding hydrogens is 480 g/mol. The van der Waals surface area contributed by atoms with Crippen LogP contribution in [0.3, 0.4) is 0 Å². The lowest BCUT2D eigenvalue weighted by Gasteiger charge is -2.53. The van der Waals surface area contributed by atoms with Crippen molar-refractivity contribution in [3.63, 3.8) is 0 Å². The molecule has 0 saturated carbocycles. The predicted molar refractivity (Wildman–Crippen MR) is 127 cm³/mol. The van der Waals surface area contributed by atoms with E-state index in [1.165, 1.54) is 10.7 Å². The zero-order valence-corrected chi connectivity index (χ0v) is 19.6. The smallest absolute Gasteiger partial charge is 0.261 e. The monoisotopic (exact) mass is 502 g/mol. The summed E-state index contributed by atoms with van der Waals surface area (Å²) in [5, 5.41) is 16.4. The van der Waals surface area contributed by atoms with E-state index in [1.54, 1.807) is 12.1 Å². The third-order valence-electron chi connectivity index (χ3n) is 6.81. The van der Waals surface area contributed by atoms with Crippen LogP contribution >= 0.6 is 27.5 Å². The molecule has 6 nitrogen and oxygen atoms in total. The van der Waals surface area contributed by atoms with E-state index in [-0.39, 0.29) is 18.6 Å². The van der Waals surface area contributed by atoms with Gasteiger partial charge in [0.1, 0.15) is 5.41 Å². The third kappa shape index (κ3) is 3.30. The molecule has 2 aromatic carbocycles. The van der Waals surface area contributed by atoms with Gasteiger partial charge in [-0.1, -0.05) is 27.5 Å². The first-order valence-electron chi connectivity index (χ1n) is 10.5. The summed E-state index contributed by atoms with van der Waals surface area (Å²) in [6.45, 7) is 5.07. The number of halogens is 2. The van der Waals surface area contributed by atoms with Crippen molar-refractivity contribution in [3.8, 4) is 0 Å². The number of hydrogen-bond acceptors (Lipinski definition) is 5. The molecule has 1 saturated heterocycles. The van der Waals surface area contributed by atoms with Crippen molar-refractivity contribution in [2.24, 2.45) is 10.5 Å².